The molecular weight excluding hydrogens is 382 g/mol. The fourth-order valence-electron chi connectivity index (χ4n) is 2.37. The van der Waals surface area contributed by atoms with Crippen LogP contribution >= 0.6 is 15.9 Å². The number of hydrogen-bond donors (Lipinski definition) is 3. The van der Waals surface area contributed by atoms with Crippen LogP contribution in [0.2, 0.25) is 0 Å². The van der Waals surface area contributed by atoms with Crippen molar-refractivity contribution in [2.24, 2.45) is 0 Å². The zero-order valence-corrected chi connectivity index (χ0v) is 14.7. The normalized spacial score (nSPS) is 10.8. The third-order valence-corrected chi connectivity index (χ3v) is 4.19. The summed E-state index contributed by atoms with van der Waals surface area (Å²) < 4.78 is 0.790. The Bertz CT molecular complexity index is 1000. The lowest BCUT2D eigenvalue weighted by Gasteiger charge is -2.10. The summed E-state index contributed by atoms with van der Waals surface area (Å²) in [4.78, 5) is 13.1. The van der Waals surface area contributed by atoms with E-state index < -0.39 is 0 Å². The van der Waals surface area contributed by atoms with Crippen LogP contribution in [0.3, 0.4) is 0 Å². The molecule has 3 heterocycles. The smallest absolute Gasteiger partial charge is 0.229 e. The number of nitrogens with one attached hydrogen (secondary N) is 3. The maximum Gasteiger partial charge on any atom is 0.229 e. The van der Waals surface area contributed by atoms with Crippen molar-refractivity contribution in [3.63, 3.8) is 0 Å². The van der Waals surface area contributed by atoms with E-state index in [2.05, 4.69) is 51.7 Å². The zero-order valence-electron chi connectivity index (χ0n) is 13.1. The fourth-order valence-corrected chi connectivity index (χ4v) is 2.70. The molecule has 4 rings (SSSR count). The summed E-state index contributed by atoms with van der Waals surface area (Å²) in [5.74, 6) is 1.20. The maximum absolute atomic E-state index is 4.52. The van der Waals surface area contributed by atoms with Gasteiger partial charge in [0.15, 0.2) is 0 Å². The van der Waals surface area contributed by atoms with Crippen molar-refractivity contribution in [1.29, 1.82) is 0 Å². The van der Waals surface area contributed by atoms with Crippen LogP contribution < -0.4 is 10.6 Å². The molecule has 0 aliphatic heterocycles. The summed E-state index contributed by atoms with van der Waals surface area (Å²) in [6, 6.07) is 11.7. The van der Waals surface area contributed by atoms with Crippen LogP contribution in [0.5, 0.6) is 0 Å². The van der Waals surface area contributed by atoms with E-state index in [1.807, 2.05) is 36.4 Å². The summed E-state index contributed by atoms with van der Waals surface area (Å²) in [5.41, 5.74) is 2.78. The largest absolute Gasteiger partial charge is 0.363 e. The van der Waals surface area contributed by atoms with Crippen molar-refractivity contribution < 1.29 is 0 Å². The molecule has 25 heavy (non-hydrogen) atoms. The Labute approximate surface area is 152 Å². The van der Waals surface area contributed by atoms with E-state index in [9.17, 15) is 0 Å². The van der Waals surface area contributed by atoms with Crippen LogP contribution in [-0.4, -0.2) is 25.1 Å². The molecular formula is C17H14BrN7. The number of nitrogens with zero attached hydrogens (tertiary/aromatic N) is 4. The SMILES string of the molecule is Brc1cnc(Nc2ccc3cn[nH]c3c2)nc1NCc1ccccn1. The first-order valence-electron chi connectivity index (χ1n) is 7.64. The minimum Gasteiger partial charge on any atom is -0.363 e. The van der Waals surface area contributed by atoms with E-state index in [4.69, 9.17) is 0 Å². The predicted molar refractivity (Wildman–Crippen MR) is 101 cm³/mol. The van der Waals surface area contributed by atoms with Gasteiger partial charge in [0.2, 0.25) is 5.95 Å². The monoisotopic (exact) mass is 395 g/mol. The van der Waals surface area contributed by atoms with Gasteiger partial charge in [-0.05, 0) is 46.3 Å². The molecule has 124 valence electrons. The molecule has 0 aliphatic carbocycles. The van der Waals surface area contributed by atoms with Crippen LogP contribution in [0.25, 0.3) is 10.9 Å². The molecule has 0 radical (unpaired) electrons. The van der Waals surface area contributed by atoms with E-state index in [-0.39, 0.29) is 0 Å². The molecule has 0 amide bonds. The average Bonchev–Trinajstić information content (AvgIpc) is 3.11. The molecule has 3 aromatic heterocycles. The average molecular weight is 396 g/mol. The van der Waals surface area contributed by atoms with Crippen LogP contribution in [0, 0.1) is 0 Å². The highest BCUT2D eigenvalue weighted by Gasteiger charge is 2.06. The molecule has 0 spiro atoms. The number of pyridine rings is 1. The maximum atomic E-state index is 4.52. The summed E-state index contributed by atoms with van der Waals surface area (Å²) in [5, 5.41) is 14.5. The van der Waals surface area contributed by atoms with Gasteiger partial charge in [0.1, 0.15) is 5.82 Å². The van der Waals surface area contributed by atoms with Crippen LogP contribution in [0.1, 0.15) is 5.69 Å². The Morgan fingerprint density at radius 1 is 1.08 bits per heavy atom. The number of fused-ring (bicyclic) bond motifs is 1. The number of benzene rings is 1. The Morgan fingerprint density at radius 2 is 2.04 bits per heavy atom. The Kier molecular flexibility index (Phi) is 4.26. The zero-order chi connectivity index (χ0) is 17.1. The van der Waals surface area contributed by atoms with Gasteiger partial charge in [-0.3, -0.25) is 10.1 Å². The molecule has 0 unspecified atom stereocenters. The highest BCUT2D eigenvalue weighted by molar-refractivity contribution is 9.10. The van der Waals surface area contributed by atoms with Crippen LogP contribution in [0.4, 0.5) is 17.5 Å². The molecule has 7 nitrogen and oxygen atoms in total. The number of aromatic nitrogens is 5. The standard InChI is InChI=1S/C17H14BrN7/c18-14-10-21-17(23-12-5-4-11-8-22-25-15(11)7-12)24-16(14)20-9-13-3-1-2-6-19-13/h1-8,10H,9H2,(H,22,25)(H2,20,21,23,24). The Morgan fingerprint density at radius 3 is 2.92 bits per heavy atom. The van der Waals surface area contributed by atoms with E-state index >= 15 is 0 Å². The van der Waals surface area contributed by atoms with Gasteiger partial charge in [-0.1, -0.05) is 6.07 Å². The number of anilines is 3. The second-order valence-electron chi connectivity index (χ2n) is 5.36. The Hall–Kier alpha value is -3.00. The van der Waals surface area contributed by atoms with Crippen LogP contribution in [-0.2, 0) is 6.54 Å². The van der Waals surface area contributed by atoms with Gasteiger partial charge in [0.25, 0.3) is 0 Å². The van der Waals surface area contributed by atoms with Gasteiger partial charge in [-0.25, -0.2) is 4.98 Å². The minimum atomic E-state index is 0.505. The summed E-state index contributed by atoms with van der Waals surface area (Å²) >= 11 is 3.47. The number of rotatable bonds is 5. The third-order valence-electron chi connectivity index (χ3n) is 3.61. The first kappa shape index (κ1) is 15.5. The van der Waals surface area contributed by atoms with Gasteiger partial charge in [0, 0.05) is 23.5 Å². The topological polar surface area (TPSA) is 91.4 Å². The highest BCUT2D eigenvalue weighted by atomic mass is 79.9. The second kappa shape index (κ2) is 6.86. The van der Waals surface area contributed by atoms with Gasteiger partial charge in [-0.2, -0.15) is 10.1 Å². The fraction of sp³-hybridized carbons (Fsp3) is 0.0588. The number of H-pyrrole nitrogens is 1. The predicted octanol–water partition coefficient (Wildman–Crippen LogP) is 3.87. The highest BCUT2D eigenvalue weighted by Crippen LogP contribution is 2.23. The van der Waals surface area contributed by atoms with Gasteiger partial charge < -0.3 is 10.6 Å². The van der Waals surface area contributed by atoms with Gasteiger partial charge >= 0.3 is 0 Å². The number of halogens is 1. The third kappa shape index (κ3) is 3.58. The van der Waals surface area contributed by atoms with E-state index in [1.165, 1.54) is 0 Å². The van der Waals surface area contributed by atoms with Crippen molar-refractivity contribution in [3.05, 3.63) is 65.2 Å². The van der Waals surface area contributed by atoms with E-state index in [1.54, 1.807) is 18.6 Å². The van der Waals surface area contributed by atoms with Crippen molar-refractivity contribution in [1.82, 2.24) is 25.1 Å². The lowest BCUT2D eigenvalue weighted by atomic mass is 10.2. The molecule has 1 aromatic carbocycles. The molecule has 0 saturated heterocycles. The van der Waals surface area contributed by atoms with Gasteiger partial charge in [-0.15, -0.1) is 0 Å². The molecule has 0 atom stereocenters. The van der Waals surface area contributed by atoms with Crippen LogP contribution in [0.15, 0.2) is 59.5 Å². The van der Waals surface area contributed by atoms with Crippen molar-refractivity contribution in [3.8, 4) is 0 Å². The lowest BCUT2D eigenvalue weighted by Crippen LogP contribution is -2.06. The summed E-state index contributed by atoms with van der Waals surface area (Å²) in [6.45, 7) is 0.579. The lowest BCUT2D eigenvalue weighted by molar-refractivity contribution is 1.02. The first-order chi connectivity index (χ1) is 12.3. The second-order valence-corrected chi connectivity index (χ2v) is 6.22. The minimum absolute atomic E-state index is 0.505. The molecule has 0 saturated carbocycles. The van der Waals surface area contributed by atoms with E-state index in [0.29, 0.717) is 18.3 Å². The number of hydrogen-bond acceptors (Lipinski definition) is 6. The molecule has 8 heteroatoms. The van der Waals surface area contributed by atoms with Crippen molar-refractivity contribution in [2.45, 2.75) is 6.54 Å². The summed E-state index contributed by atoms with van der Waals surface area (Å²) in [6.07, 6.45) is 5.27. The molecule has 0 bridgehead atoms. The molecule has 0 fully saturated rings. The number of aromatic amines is 1. The molecule has 4 aromatic rings. The first-order valence-corrected chi connectivity index (χ1v) is 8.44. The quantitative estimate of drug-likeness (QED) is 0.475. The Balaban J connectivity index is 1.52. The molecule has 0 aliphatic rings. The van der Waals surface area contributed by atoms with E-state index in [0.717, 1.165) is 26.8 Å². The molecule has 3 N–H and O–H groups in total. The van der Waals surface area contributed by atoms with Crippen molar-refractivity contribution >= 4 is 44.3 Å². The van der Waals surface area contributed by atoms with Gasteiger partial charge in [0.05, 0.1) is 28.4 Å². The van der Waals surface area contributed by atoms with Crippen molar-refractivity contribution in [2.75, 3.05) is 10.6 Å². The summed E-state index contributed by atoms with van der Waals surface area (Å²) in [7, 11) is 0.